The number of hydrogen-bond acceptors (Lipinski definition) is 2. The molecule has 0 aliphatic carbocycles. The van der Waals surface area contributed by atoms with Crippen molar-refractivity contribution >= 4 is 6.09 Å². The number of nitrogens with one attached hydrogen (secondary N) is 1. The number of hydrogen-bond donors (Lipinski definition) is 2. The number of halogens is 1. The van der Waals surface area contributed by atoms with Crippen LogP contribution in [-0.4, -0.2) is 35.7 Å². The van der Waals surface area contributed by atoms with Crippen LogP contribution in [0.3, 0.4) is 0 Å². The van der Waals surface area contributed by atoms with Crippen LogP contribution in [0.5, 0.6) is 0 Å². The molecule has 92 valence electrons. The van der Waals surface area contributed by atoms with Gasteiger partial charge in [-0.3, -0.25) is 4.90 Å². The molecule has 2 rings (SSSR count). The molecule has 0 spiro atoms. The molecule has 0 saturated carbocycles. The Balaban J connectivity index is 2.20. The molecule has 1 atom stereocenters. The molecule has 1 amide bonds. The standard InChI is InChI=1S/C12H15FN2O2/c13-7-9-1-3-10(4-2-9)11-8-14-5-6-15(11)12(16)17/h1-4,11,14H,5-8H2,(H,16,17). The highest BCUT2D eigenvalue weighted by atomic mass is 19.1. The Morgan fingerprint density at radius 2 is 2.18 bits per heavy atom. The lowest BCUT2D eigenvalue weighted by Gasteiger charge is -2.34. The summed E-state index contributed by atoms with van der Waals surface area (Å²) in [6.45, 7) is 1.25. The lowest BCUT2D eigenvalue weighted by Crippen LogP contribution is -2.48. The zero-order valence-electron chi connectivity index (χ0n) is 9.40. The summed E-state index contributed by atoms with van der Waals surface area (Å²) < 4.78 is 12.4. The molecule has 5 heteroatoms. The average Bonchev–Trinajstić information content (AvgIpc) is 2.39. The van der Waals surface area contributed by atoms with Crippen LogP contribution in [0.15, 0.2) is 24.3 Å². The molecular formula is C12H15FN2O2. The molecule has 0 bridgehead atoms. The fourth-order valence-electron chi connectivity index (χ4n) is 2.06. The van der Waals surface area contributed by atoms with Crippen molar-refractivity contribution in [1.29, 1.82) is 0 Å². The zero-order chi connectivity index (χ0) is 12.3. The lowest BCUT2D eigenvalue weighted by molar-refractivity contribution is 0.112. The summed E-state index contributed by atoms with van der Waals surface area (Å²) in [5.74, 6) is 0. The molecule has 1 saturated heterocycles. The van der Waals surface area contributed by atoms with Gasteiger partial charge in [0.1, 0.15) is 6.67 Å². The summed E-state index contributed by atoms with van der Waals surface area (Å²) in [5.41, 5.74) is 1.51. The molecule has 1 aliphatic rings. The first kappa shape index (κ1) is 11.9. The predicted molar refractivity (Wildman–Crippen MR) is 61.6 cm³/mol. The van der Waals surface area contributed by atoms with E-state index in [2.05, 4.69) is 5.32 Å². The summed E-state index contributed by atoms with van der Waals surface area (Å²) in [4.78, 5) is 12.5. The average molecular weight is 238 g/mol. The highest BCUT2D eigenvalue weighted by Gasteiger charge is 2.27. The van der Waals surface area contributed by atoms with E-state index in [1.165, 1.54) is 4.90 Å². The number of amides is 1. The number of piperazine rings is 1. The van der Waals surface area contributed by atoms with Crippen molar-refractivity contribution in [2.45, 2.75) is 12.7 Å². The predicted octanol–water partition coefficient (Wildman–Crippen LogP) is 1.78. The second kappa shape index (κ2) is 5.14. The lowest BCUT2D eigenvalue weighted by atomic mass is 10.0. The van der Waals surface area contributed by atoms with Crippen LogP contribution >= 0.6 is 0 Å². The molecule has 1 heterocycles. The number of carbonyl (C=O) groups is 1. The molecule has 1 aliphatic heterocycles. The number of nitrogens with zero attached hydrogens (tertiary/aromatic N) is 1. The van der Waals surface area contributed by atoms with E-state index in [4.69, 9.17) is 5.11 Å². The summed E-state index contributed by atoms with van der Waals surface area (Å²) in [7, 11) is 0. The molecular weight excluding hydrogens is 223 g/mol. The van der Waals surface area contributed by atoms with E-state index in [1.54, 1.807) is 24.3 Å². The Kier molecular flexibility index (Phi) is 3.58. The van der Waals surface area contributed by atoms with Gasteiger partial charge in [-0.15, -0.1) is 0 Å². The fraction of sp³-hybridized carbons (Fsp3) is 0.417. The summed E-state index contributed by atoms with van der Waals surface area (Å²) in [6.07, 6.45) is -0.911. The van der Waals surface area contributed by atoms with E-state index < -0.39 is 12.8 Å². The van der Waals surface area contributed by atoms with Gasteiger partial charge < -0.3 is 10.4 Å². The fourth-order valence-corrected chi connectivity index (χ4v) is 2.06. The Hall–Kier alpha value is -1.62. The van der Waals surface area contributed by atoms with E-state index in [9.17, 15) is 9.18 Å². The maximum absolute atomic E-state index is 12.4. The second-order valence-electron chi connectivity index (χ2n) is 4.07. The van der Waals surface area contributed by atoms with Crippen molar-refractivity contribution in [3.63, 3.8) is 0 Å². The first-order valence-electron chi connectivity index (χ1n) is 5.57. The third kappa shape index (κ3) is 2.55. The largest absolute Gasteiger partial charge is 0.465 e. The van der Waals surface area contributed by atoms with Crippen LogP contribution in [0.1, 0.15) is 17.2 Å². The molecule has 0 aromatic heterocycles. The molecule has 1 unspecified atom stereocenters. The normalized spacial score (nSPS) is 20.3. The molecule has 4 nitrogen and oxygen atoms in total. The molecule has 0 radical (unpaired) electrons. The Morgan fingerprint density at radius 3 is 2.76 bits per heavy atom. The van der Waals surface area contributed by atoms with Crippen molar-refractivity contribution in [1.82, 2.24) is 10.2 Å². The van der Waals surface area contributed by atoms with Crippen LogP contribution in [0, 0.1) is 0 Å². The minimum Gasteiger partial charge on any atom is -0.465 e. The van der Waals surface area contributed by atoms with Crippen molar-refractivity contribution < 1.29 is 14.3 Å². The van der Waals surface area contributed by atoms with Crippen LogP contribution in [-0.2, 0) is 6.67 Å². The highest BCUT2D eigenvalue weighted by molar-refractivity contribution is 5.66. The molecule has 1 aromatic rings. The number of rotatable bonds is 2. The van der Waals surface area contributed by atoms with Crippen molar-refractivity contribution in [3.8, 4) is 0 Å². The van der Waals surface area contributed by atoms with Crippen LogP contribution in [0.25, 0.3) is 0 Å². The van der Waals surface area contributed by atoms with E-state index in [0.717, 1.165) is 5.56 Å². The zero-order valence-corrected chi connectivity index (χ0v) is 9.40. The first-order chi connectivity index (χ1) is 8.22. The van der Waals surface area contributed by atoms with E-state index in [0.29, 0.717) is 25.2 Å². The second-order valence-corrected chi connectivity index (χ2v) is 4.07. The highest BCUT2D eigenvalue weighted by Crippen LogP contribution is 2.22. The number of benzene rings is 1. The quantitative estimate of drug-likeness (QED) is 0.825. The van der Waals surface area contributed by atoms with Gasteiger partial charge in [0.15, 0.2) is 0 Å². The van der Waals surface area contributed by atoms with Crippen molar-refractivity contribution in [2.24, 2.45) is 0 Å². The third-order valence-electron chi connectivity index (χ3n) is 3.01. The summed E-state index contributed by atoms with van der Waals surface area (Å²) >= 11 is 0. The Bertz CT molecular complexity index is 394. The minimum atomic E-state index is -0.911. The monoisotopic (exact) mass is 238 g/mol. The van der Waals surface area contributed by atoms with Crippen LogP contribution in [0.4, 0.5) is 9.18 Å². The van der Waals surface area contributed by atoms with E-state index in [-0.39, 0.29) is 6.04 Å². The van der Waals surface area contributed by atoms with Gasteiger partial charge >= 0.3 is 6.09 Å². The Labute approximate surface area is 99.0 Å². The smallest absolute Gasteiger partial charge is 0.407 e. The van der Waals surface area contributed by atoms with E-state index >= 15 is 0 Å². The third-order valence-corrected chi connectivity index (χ3v) is 3.01. The van der Waals surface area contributed by atoms with Gasteiger partial charge in [0.2, 0.25) is 0 Å². The van der Waals surface area contributed by atoms with Gasteiger partial charge in [0, 0.05) is 19.6 Å². The van der Waals surface area contributed by atoms with Crippen molar-refractivity contribution in [3.05, 3.63) is 35.4 Å². The molecule has 2 N–H and O–H groups in total. The van der Waals surface area contributed by atoms with Crippen LogP contribution in [0.2, 0.25) is 0 Å². The summed E-state index contributed by atoms with van der Waals surface area (Å²) in [5, 5.41) is 12.3. The minimum absolute atomic E-state index is 0.185. The molecule has 1 fully saturated rings. The molecule has 1 aromatic carbocycles. The van der Waals surface area contributed by atoms with Gasteiger partial charge in [-0.2, -0.15) is 0 Å². The Morgan fingerprint density at radius 1 is 1.47 bits per heavy atom. The number of carboxylic acid groups (broad SMARTS) is 1. The van der Waals surface area contributed by atoms with Gasteiger partial charge in [-0.25, -0.2) is 9.18 Å². The van der Waals surface area contributed by atoms with Crippen LogP contribution < -0.4 is 5.32 Å². The SMILES string of the molecule is O=C(O)N1CCNCC1c1ccc(CF)cc1. The summed E-state index contributed by atoms with van der Waals surface area (Å²) in [6, 6.07) is 6.80. The topological polar surface area (TPSA) is 52.6 Å². The van der Waals surface area contributed by atoms with E-state index in [1.807, 2.05) is 0 Å². The number of alkyl halides is 1. The van der Waals surface area contributed by atoms with Gasteiger partial charge in [0.05, 0.1) is 6.04 Å². The van der Waals surface area contributed by atoms with Gasteiger partial charge in [0.25, 0.3) is 0 Å². The maximum atomic E-state index is 12.4. The van der Waals surface area contributed by atoms with Gasteiger partial charge in [-0.05, 0) is 11.1 Å². The van der Waals surface area contributed by atoms with Gasteiger partial charge in [-0.1, -0.05) is 24.3 Å². The maximum Gasteiger partial charge on any atom is 0.407 e. The van der Waals surface area contributed by atoms with Crippen molar-refractivity contribution in [2.75, 3.05) is 19.6 Å². The molecule has 17 heavy (non-hydrogen) atoms. The first-order valence-corrected chi connectivity index (χ1v) is 5.57.